The summed E-state index contributed by atoms with van der Waals surface area (Å²) >= 11 is 0. The summed E-state index contributed by atoms with van der Waals surface area (Å²) < 4.78 is 10.3. The molecule has 6 heteroatoms. The van der Waals surface area contributed by atoms with Crippen molar-refractivity contribution in [1.82, 2.24) is 4.90 Å². The van der Waals surface area contributed by atoms with Gasteiger partial charge in [-0.15, -0.1) is 0 Å². The fourth-order valence-corrected chi connectivity index (χ4v) is 2.93. The Bertz CT molecular complexity index is 314. The summed E-state index contributed by atoms with van der Waals surface area (Å²) in [6.07, 6.45) is 0.822. The van der Waals surface area contributed by atoms with Crippen LogP contribution in [0, 0.1) is 0 Å². The maximum absolute atomic E-state index is 12.0. The summed E-state index contributed by atoms with van der Waals surface area (Å²) in [5.41, 5.74) is -0.545. The quantitative estimate of drug-likeness (QED) is 0.566. The number of rotatable bonds is 2. The van der Waals surface area contributed by atoms with Crippen LogP contribution in [-0.2, 0) is 14.3 Å². The molecule has 0 saturated carbocycles. The highest BCUT2D eigenvalue weighted by molar-refractivity contribution is 6.36. The highest BCUT2D eigenvalue weighted by Gasteiger charge is 2.35. The van der Waals surface area contributed by atoms with Crippen molar-refractivity contribution in [3.8, 4) is 0 Å². The van der Waals surface area contributed by atoms with E-state index >= 15 is 0 Å². The van der Waals surface area contributed by atoms with Crippen molar-refractivity contribution in [2.75, 3.05) is 12.8 Å². The fourth-order valence-electron chi connectivity index (χ4n) is 1.70. The maximum atomic E-state index is 12.0. The van der Waals surface area contributed by atoms with Gasteiger partial charge in [-0.25, -0.2) is 9.59 Å². The Labute approximate surface area is 111 Å². The van der Waals surface area contributed by atoms with Crippen LogP contribution in [0.1, 0.15) is 34.1 Å². The summed E-state index contributed by atoms with van der Waals surface area (Å²) in [5, 5.41) is 0. The van der Waals surface area contributed by atoms with Gasteiger partial charge >= 0.3 is 12.1 Å². The Morgan fingerprint density at radius 3 is 2.61 bits per heavy atom. The predicted octanol–water partition coefficient (Wildman–Crippen LogP) is 1.64. The molecule has 0 aliphatic carbocycles. The highest BCUT2D eigenvalue weighted by Crippen LogP contribution is 2.18. The summed E-state index contributed by atoms with van der Waals surface area (Å²) in [4.78, 5) is 25.3. The van der Waals surface area contributed by atoms with Gasteiger partial charge in [-0.1, -0.05) is 6.04 Å². The van der Waals surface area contributed by atoms with Crippen LogP contribution in [0.4, 0.5) is 4.79 Å². The number of ether oxygens (including phenoxy) is 2. The molecule has 2 radical (unpaired) electrons. The first-order valence-electron chi connectivity index (χ1n) is 6.22. The molecular weight excluding hydrogens is 250 g/mol. The normalized spacial score (nSPS) is 20.4. The second-order valence-electron chi connectivity index (χ2n) is 5.16. The van der Waals surface area contributed by atoms with E-state index in [2.05, 4.69) is 0 Å². The van der Waals surface area contributed by atoms with Crippen molar-refractivity contribution in [2.45, 2.75) is 51.8 Å². The van der Waals surface area contributed by atoms with E-state index in [0.29, 0.717) is 28.7 Å². The second-order valence-corrected chi connectivity index (χ2v) is 6.48. The van der Waals surface area contributed by atoms with Crippen LogP contribution in [0.15, 0.2) is 0 Å². The lowest BCUT2D eigenvalue weighted by molar-refractivity contribution is -0.149. The van der Waals surface area contributed by atoms with E-state index in [4.69, 9.17) is 9.47 Å². The Morgan fingerprint density at radius 1 is 1.39 bits per heavy atom. The molecule has 1 atom stereocenters. The Kier molecular flexibility index (Phi) is 5.19. The molecular formula is C12H21NO4Si. The molecule has 18 heavy (non-hydrogen) atoms. The molecule has 0 unspecified atom stereocenters. The molecule has 1 saturated heterocycles. The fraction of sp³-hybridized carbons (Fsp3) is 0.833. The first-order valence-corrected chi connectivity index (χ1v) is 7.63. The van der Waals surface area contributed by atoms with Gasteiger partial charge in [0.2, 0.25) is 0 Å². The molecule has 1 heterocycles. The van der Waals surface area contributed by atoms with E-state index in [-0.39, 0.29) is 5.97 Å². The zero-order chi connectivity index (χ0) is 13.8. The minimum absolute atomic E-state index is 0.326. The lowest BCUT2D eigenvalue weighted by Gasteiger charge is -2.34. The molecule has 0 aromatic carbocycles. The van der Waals surface area contributed by atoms with Crippen molar-refractivity contribution in [2.24, 2.45) is 0 Å². The number of nitrogens with zero attached hydrogens (tertiary/aromatic N) is 1. The number of esters is 1. The van der Waals surface area contributed by atoms with Crippen molar-refractivity contribution >= 4 is 21.6 Å². The van der Waals surface area contributed by atoms with Gasteiger partial charge in [-0.2, -0.15) is 0 Å². The largest absolute Gasteiger partial charge is 0.464 e. The highest BCUT2D eigenvalue weighted by atomic mass is 28.2. The van der Waals surface area contributed by atoms with Gasteiger partial charge in [0.1, 0.15) is 11.6 Å². The first-order chi connectivity index (χ1) is 8.35. The van der Waals surface area contributed by atoms with Gasteiger partial charge in [0.05, 0.1) is 16.1 Å². The molecule has 1 aliphatic heterocycles. The number of hydrogen-bond donors (Lipinski definition) is 0. The van der Waals surface area contributed by atoms with Crippen LogP contribution in [0.25, 0.3) is 0 Å². The summed E-state index contributed by atoms with van der Waals surface area (Å²) in [6.45, 7) is 7.55. The van der Waals surface area contributed by atoms with E-state index in [1.54, 1.807) is 6.92 Å². The Morgan fingerprint density at radius 2 is 2.06 bits per heavy atom. The van der Waals surface area contributed by atoms with Gasteiger partial charge in [0.15, 0.2) is 0 Å². The van der Waals surface area contributed by atoms with Gasteiger partial charge in [0.25, 0.3) is 0 Å². The number of carbonyl (C=O) groups is 2. The van der Waals surface area contributed by atoms with Crippen molar-refractivity contribution < 1.29 is 19.1 Å². The lowest BCUT2D eigenvalue weighted by atomic mass is 10.2. The summed E-state index contributed by atoms with van der Waals surface area (Å²) in [6, 6.07) is 0.476. The molecule has 1 rings (SSSR count). The van der Waals surface area contributed by atoms with Gasteiger partial charge < -0.3 is 9.47 Å². The topological polar surface area (TPSA) is 55.8 Å². The SMILES string of the molecule is CCOC(=O)[C@H]1CC[Si]CN1C(=O)OC(C)(C)C. The summed E-state index contributed by atoms with van der Waals surface area (Å²) in [7, 11) is 0.659. The zero-order valence-corrected chi connectivity index (χ0v) is 12.5. The smallest absolute Gasteiger partial charge is 0.410 e. The van der Waals surface area contributed by atoms with Crippen LogP contribution in [0.3, 0.4) is 0 Å². The van der Waals surface area contributed by atoms with Crippen LogP contribution >= 0.6 is 0 Å². The molecule has 102 valence electrons. The third-order valence-electron chi connectivity index (χ3n) is 2.44. The molecule has 1 fully saturated rings. The second kappa shape index (κ2) is 6.22. The van der Waals surface area contributed by atoms with E-state index in [1.807, 2.05) is 20.8 Å². The number of carbonyl (C=O) groups excluding carboxylic acids is 2. The van der Waals surface area contributed by atoms with Crippen LogP contribution < -0.4 is 0 Å². The van der Waals surface area contributed by atoms with Crippen LogP contribution in [0.2, 0.25) is 6.04 Å². The zero-order valence-electron chi connectivity index (χ0n) is 11.5. The van der Waals surface area contributed by atoms with Gasteiger partial charge in [-0.3, -0.25) is 4.90 Å². The molecule has 5 nitrogen and oxygen atoms in total. The Balaban J connectivity index is 2.70. The van der Waals surface area contributed by atoms with Crippen LogP contribution in [0.5, 0.6) is 0 Å². The third kappa shape index (κ3) is 4.32. The minimum Gasteiger partial charge on any atom is -0.464 e. The monoisotopic (exact) mass is 271 g/mol. The van der Waals surface area contributed by atoms with Crippen LogP contribution in [-0.4, -0.2) is 50.9 Å². The predicted molar refractivity (Wildman–Crippen MR) is 68.5 cm³/mol. The average molecular weight is 271 g/mol. The summed E-state index contributed by atoms with van der Waals surface area (Å²) in [5.74, 6) is -0.326. The minimum atomic E-state index is -0.545. The van der Waals surface area contributed by atoms with E-state index < -0.39 is 17.7 Å². The maximum Gasteiger partial charge on any atom is 0.410 e. The Hall–Kier alpha value is -1.04. The molecule has 0 bridgehead atoms. The van der Waals surface area contributed by atoms with E-state index in [0.717, 1.165) is 6.04 Å². The lowest BCUT2D eigenvalue weighted by Crippen LogP contribution is -2.52. The van der Waals surface area contributed by atoms with Crippen molar-refractivity contribution in [1.29, 1.82) is 0 Å². The van der Waals surface area contributed by atoms with Crippen molar-refractivity contribution in [3.05, 3.63) is 0 Å². The van der Waals surface area contributed by atoms with Crippen molar-refractivity contribution in [3.63, 3.8) is 0 Å². The van der Waals surface area contributed by atoms with E-state index in [9.17, 15) is 9.59 Å². The molecule has 1 amide bonds. The van der Waals surface area contributed by atoms with Gasteiger partial charge in [0, 0.05) is 6.17 Å². The molecule has 0 aromatic heterocycles. The standard InChI is InChI=1S/C12H21NO4Si/c1-5-16-10(14)9-6-7-18-8-13(9)11(15)17-12(2,3)4/h9H,5-8H2,1-4H3/t9-/m1/s1. The molecule has 0 aromatic rings. The van der Waals surface area contributed by atoms with E-state index in [1.165, 1.54) is 4.90 Å². The molecule has 1 aliphatic rings. The van der Waals surface area contributed by atoms with Gasteiger partial charge in [-0.05, 0) is 34.1 Å². The number of hydrogen-bond acceptors (Lipinski definition) is 4. The number of amides is 1. The molecule has 0 N–H and O–H groups in total. The third-order valence-corrected chi connectivity index (χ3v) is 3.65. The average Bonchev–Trinajstić information content (AvgIpc) is 2.27. The first kappa shape index (κ1) is 15.0. The molecule has 0 spiro atoms.